The highest BCUT2D eigenvalue weighted by Crippen LogP contribution is 2.42. The molecule has 1 amide bonds. The lowest BCUT2D eigenvalue weighted by molar-refractivity contribution is -0.276. The van der Waals surface area contributed by atoms with Crippen LogP contribution >= 0.6 is 0 Å². The Kier molecular flexibility index (Phi) is 8.55. The van der Waals surface area contributed by atoms with Crippen LogP contribution in [0.1, 0.15) is 58.5 Å². The number of likely N-dealkylation sites (tertiary alicyclic amines) is 1. The number of β-amino-alcohol motifs (C(OH)–C–C–N with tert-alkyl or cyclic N) is 1. The van der Waals surface area contributed by atoms with Crippen LogP contribution in [0.2, 0.25) is 0 Å². The van der Waals surface area contributed by atoms with Gasteiger partial charge >= 0.3 is 0 Å². The van der Waals surface area contributed by atoms with Gasteiger partial charge in [-0.1, -0.05) is 67.6 Å². The minimum absolute atomic E-state index is 0.00450. The number of aromatic nitrogens is 2. The number of rotatable bonds is 8. The van der Waals surface area contributed by atoms with Gasteiger partial charge in [0, 0.05) is 37.7 Å². The summed E-state index contributed by atoms with van der Waals surface area (Å²) >= 11 is 0. The number of para-hydroxylation sites is 2. The number of aliphatic hydroxyl groups is 2. The minimum atomic E-state index is -0.572. The molecule has 2 saturated heterocycles. The Morgan fingerprint density at radius 3 is 2.40 bits per heavy atom. The summed E-state index contributed by atoms with van der Waals surface area (Å²) < 4.78 is 13.1. The topological polar surface area (TPSA) is 117 Å². The molecular formula is C33H36N4O5. The fourth-order valence-corrected chi connectivity index (χ4v) is 5.69. The van der Waals surface area contributed by atoms with Gasteiger partial charge in [-0.25, -0.2) is 4.98 Å². The van der Waals surface area contributed by atoms with E-state index in [2.05, 4.69) is 27.1 Å². The van der Waals surface area contributed by atoms with Gasteiger partial charge in [-0.15, -0.1) is 0 Å². The van der Waals surface area contributed by atoms with Crippen molar-refractivity contribution in [2.45, 2.75) is 51.1 Å². The Morgan fingerprint density at radius 2 is 1.69 bits per heavy atom. The van der Waals surface area contributed by atoms with Crippen molar-refractivity contribution < 1.29 is 24.5 Å². The molecule has 3 N–H and O–H groups in total. The van der Waals surface area contributed by atoms with Crippen LogP contribution in [-0.4, -0.2) is 62.8 Å². The van der Waals surface area contributed by atoms with Crippen molar-refractivity contribution in [1.82, 2.24) is 20.2 Å². The molecule has 2 aliphatic heterocycles. The van der Waals surface area contributed by atoms with Crippen molar-refractivity contribution in [2.75, 3.05) is 19.6 Å². The summed E-state index contributed by atoms with van der Waals surface area (Å²) in [6, 6.07) is 23.2. The Bertz CT molecular complexity index is 1510. The molecule has 0 saturated carbocycles. The highest BCUT2D eigenvalue weighted by atomic mass is 16.7. The Hall–Kier alpha value is -3.73. The molecule has 3 aromatic carbocycles. The maximum Gasteiger partial charge on any atom is 0.271 e. The summed E-state index contributed by atoms with van der Waals surface area (Å²) in [6.45, 7) is 4.69. The SMILES string of the molecule is C[C@@H]1[C@H](CN2CC[C@H](O)C2)O[C@H](c2ccc(CNC(=O)c3cnc4ccccc4n3)cc2)O[C@@H]1c1ccc(CO)cc1. The summed E-state index contributed by atoms with van der Waals surface area (Å²) in [4.78, 5) is 23.7. The second kappa shape index (κ2) is 12.6. The largest absolute Gasteiger partial charge is 0.392 e. The van der Waals surface area contributed by atoms with Crippen LogP contribution in [-0.2, 0) is 22.6 Å². The maximum atomic E-state index is 12.7. The zero-order valence-electron chi connectivity index (χ0n) is 23.6. The minimum Gasteiger partial charge on any atom is -0.392 e. The number of hydrogen-bond donors (Lipinski definition) is 3. The first-order chi connectivity index (χ1) is 20.5. The van der Waals surface area contributed by atoms with E-state index >= 15 is 0 Å². The number of nitrogens with one attached hydrogen (secondary N) is 1. The molecule has 0 spiro atoms. The first kappa shape index (κ1) is 28.4. The second-order valence-electron chi connectivity index (χ2n) is 11.2. The quantitative estimate of drug-likeness (QED) is 0.293. The second-order valence-corrected chi connectivity index (χ2v) is 11.2. The van der Waals surface area contributed by atoms with Crippen LogP contribution < -0.4 is 5.32 Å². The number of hydrogen-bond acceptors (Lipinski definition) is 8. The van der Waals surface area contributed by atoms with E-state index < -0.39 is 6.29 Å². The van der Waals surface area contributed by atoms with Crippen molar-refractivity contribution in [3.05, 3.63) is 107 Å². The lowest BCUT2D eigenvalue weighted by Gasteiger charge is -2.42. The van der Waals surface area contributed by atoms with Crippen LogP contribution in [0.5, 0.6) is 0 Å². The van der Waals surface area contributed by atoms with E-state index in [1.165, 1.54) is 6.20 Å². The number of carbonyl (C=O) groups excluding carboxylic acids is 1. The van der Waals surface area contributed by atoms with Crippen LogP contribution in [0.4, 0.5) is 0 Å². The smallest absolute Gasteiger partial charge is 0.271 e. The van der Waals surface area contributed by atoms with Gasteiger partial charge in [0.25, 0.3) is 5.91 Å². The highest BCUT2D eigenvalue weighted by Gasteiger charge is 2.39. The summed E-state index contributed by atoms with van der Waals surface area (Å²) in [5.74, 6) is -0.207. The Morgan fingerprint density at radius 1 is 0.976 bits per heavy atom. The number of benzene rings is 3. The van der Waals surface area contributed by atoms with Gasteiger partial charge in [0.15, 0.2) is 6.29 Å². The van der Waals surface area contributed by atoms with Crippen molar-refractivity contribution in [3.8, 4) is 0 Å². The number of ether oxygens (including phenoxy) is 2. The van der Waals surface area contributed by atoms with Crippen LogP contribution in [0.15, 0.2) is 79.0 Å². The summed E-state index contributed by atoms with van der Waals surface area (Å²) in [5, 5.41) is 22.5. The van der Waals surface area contributed by atoms with Crippen molar-refractivity contribution in [2.24, 2.45) is 5.92 Å². The summed E-state index contributed by atoms with van der Waals surface area (Å²) in [6.07, 6.45) is 1.11. The van der Waals surface area contributed by atoms with Crippen molar-refractivity contribution >= 4 is 16.9 Å². The molecule has 0 bridgehead atoms. The van der Waals surface area contributed by atoms with Gasteiger partial charge in [-0.2, -0.15) is 0 Å². The first-order valence-corrected chi connectivity index (χ1v) is 14.5. The molecule has 3 heterocycles. The van der Waals surface area contributed by atoms with E-state index in [-0.39, 0.29) is 42.4 Å². The van der Waals surface area contributed by atoms with E-state index in [9.17, 15) is 15.0 Å². The zero-order chi connectivity index (χ0) is 29.1. The molecule has 218 valence electrons. The number of amides is 1. The molecule has 6 rings (SSSR count). The van der Waals surface area contributed by atoms with Crippen molar-refractivity contribution in [1.29, 1.82) is 0 Å². The van der Waals surface area contributed by atoms with Crippen LogP contribution in [0, 0.1) is 5.92 Å². The number of nitrogens with zero attached hydrogens (tertiary/aromatic N) is 3. The highest BCUT2D eigenvalue weighted by molar-refractivity contribution is 5.93. The third-order valence-electron chi connectivity index (χ3n) is 8.20. The molecule has 9 nitrogen and oxygen atoms in total. The molecule has 0 radical (unpaired) electrons. The predicted octanol–water partition coefficient (Wildman–Crippen LogP) is 3.91. The standard InChI is InChI=1S/C33H36N4O5/c1-21-30(19-37-15-14-26(39)18-37)41-33(42-31(21)24-10-8-23(20-38)9-11-24)25-12-6-22(7-13-25)16-35-32(40)29-17-34-27-4-2-3-5-28(27)36-29/h2-13,17,21,26,30-31,33,38-39H,14-16,18-20H2,1H3,(H,35,40)/t21-,26+,30+,31+,33+/m1/s1. The lowest BCUT2D eigenvalue weighted by Crippen LogP contribution is -2.44. The average Bonchev–Trinajstić information content (AvgIpc) is 3.45. The zero-order valence-corrected chi connectivity index (χ0v) is 23.6. The molecular weight excluding hydrogens is 532 g/mol. The molecule has 0 aliphatic carbocycles. The Labute approximate surface area is 245 Å². The van der Waals surface area contributed by atoms with E-state index in [4.69, 9.17) is 9.47 Å². The summed E-state index contributed by atoms with van der Waals surface area (Å²) in [7, 11) is 0. The van der Waals surface area contributed by atoms with E-state index in [1.54, 1.807) is 0 Å². The third kappa shape index (κ3) is 6.35. The normalized spacial score (nSPS) is 24.6. The number of fused-ring (bicyclic) bond motifs is 1. The van der Waals surface area contributed by atoms with Crippen molar-refractivity contribution in [3.63, 3.8) is 0 Å². The van der Waals surface area contributed by atoms with E-state index in [0.29, 0.717) is 25.2 Å². The lowest BCUT2D eigenvalue weighted by atomic mass is 9.90. The van der Waals surface area contributed by atoms with E-state index in [1.807, 2.05) is 72.8 Å². The fraction of sp³-hybridized carbons (Fsp3) is 0.364. The van der Waals surface area contributed by atoms with Crippen LogP contribution in [0.25, 0.3) is 11.0 Å². The molecule has 1 aromatic heterocycles. The molecule has 2 aliphatic rings. The van der Waals surface area contributed by atoms with Gasteiger partial charge in [0.2, 0.25) is 0 Å². The van der Waals surface area contributed by atoms with Gasteiger partial charge in [-0.05, 0) is 35.2 Å². The number of carbonyl (C=O) groups is 1. The molecule has 4 aromatic rings. The van der Waals surface area contributed by atoms with E-state index in [0.717, 1.165) is 40.7 Å². The van der Waals surface area contributed by atoms with Gasteiger partial charge in [0.05, 0.1) is 42.1 Å². The molecule has 2 fully saturated rings. The third-order valence-corrected chi connectivity index (χ3v) is 8.20. The first-order valence-electron chi connectivity index (χ1n) is 14.5. The molecule has 9 heteroatoms. The predicted molar refractivity (Wildman–Crippen MR) is 157 cm³/mol. The van der Waals surface area contributed by atoms with Gasteiger partial charge in [0.1, 0.15) is 5.69 Å². The number of aliphatic hydroxyl groups excluding tert-OH is 2. The maximum absolute atomic E-state index is 12.7. The van der Waals surface area contributed by atoms with Gasteiger partial charge < -0.3 is 25.0 Å². The molecule has 5 atom stereocenters. The molecule has 42 heavy (non-hydrogen) atoms. The summed E-state index contributed by atoms with van der Waals surface area (Å²) in [5.41, 5.74) is 5.42. The molecule has 0 unspecified atom stereocenters. The van der Waals surface area contributed by atoms with Gasteiger partial charge in [-0.3, -0.25) is 14.7 Å². The van der Waals surface area contributed by atoms with Crippen LogP contribution in [0.3, 0.4) is 0 Å². The monoisotopic (exact) mass is 568 g/mol. The Balaban J connectivity index is 1.15. The fourth-order valence-electron chi connectivity index (χ4n) is 5.69. The average molecular weight is 569 g/mol.